The minimum Gasteiger partial charge on any atom is -0.383 e. The lowest BCUT2D eigenvalue weighted by Crippen LogP contribution is -2.26. The van der Waals surface area contributed by atoms with E-state index in [0.29, 0.717) is 5.92 Å². The van der Waals surface area contributed by atoms with Crippen LogP contribution in [0.25, 0.3) is 0 Å². The Bertz CT molecular complexity index is 379. The monoisotopic (exact) mass is 331 g/mol. The molecule has 1 heterocycles. The first-order chi connectivity index (χ1) is 9.13. The molecule has 0 fully saturated rings. The second-order valence-electron chi connectivity index (χ2n) is 4.88. The van der Waals surface area contributed by atoms with Crippen molar-refractivity contribution in [2.75, 3.05) is 26.8 Å². The Morgan fingerprint density at radius 3 is 2.74 bits per heavy atom. The lowest BCUT2D eigenvalue weighted by molar-refractivity contribution is 0.198. The first-order valence-electron chi connectivity index (χ1n) is 7.07. The number of nitrogens with one attached hydrogen (secondary N) is 1. The number of rotatable bonds is 9. The third kappa shape index (κ3) is 4.89. The molecule has 0 saturated carbocycles. The van der Waals surface area contributed by atoms with Gasteiger partial charge in [0.15, 0.2) is 0 Å². The Kier molecular flexibility index (Phi) is 7.64. The standard InChI is InChI=1S/C14H26BrN3O/c1-5-12-14(15)13(18(6-2)17-12)9-11(3)10-16-7-8-19-4/h11,16H,5-10H2,1-4H3. The summed E-state index contributed by atoms with van der Waals surface area (Å²) in [4.78, 5) is 0. The van der Waals surface area contributed by atoms with E-state index in [9.17, 15) is 0 Å². The van der Waals surface area contributed by atoms with E-state index in [-0.39, 0.29) is 0 Å². The number of methoxy groups -OCH3 is 1. The van der Waals surface area contributed by atoms with Gasteiger partial charge < -0.3 is 10.1 Å². The second kappa shape index (κ2) is 8.72. The maximum absolute atomic E-state index is 5.03. The largest absolute Gasteiger partial charge is 0.383 e. The molecule has 5 heteroatoms. The van der Waals surface area contributed by atoms with Crippen LogP contribution in [0.15, 0.2) is 4.47 Å². The highest BCUT2D eigenvalue weighted by molar-refractivity contribution is 9.10. The molecule has 0 spiro atoms. The first-order valence-corrected chi connectivity index (χ1v) is 7.86. The molecule has 0 aliphatic rings. The van der Waals surface area contributed by atoms with Crippen molar-refractivity contribution < 1.29 is 4.74 Å². The van der Waals surface area contributed by atoms with Crippen molar-refractivity contribution in [2.45, 2.75) is 40.2 Å². The van der Waals surface area contributed by atoms with Gasteiger partial charge in [0.05, 0.1) is 22.5 Å². The van der Waals surface area contributed by atoms with E-state index >= 15 is 0 Å². The molecule has 0 saturated heterocycles. The van der Waals surface area contributed by atoms with Crippen molar-refractivity contribution in [1.29, 1.82) is 0 Å². The van der Waals surface area contributed by atoms with Gasteiger partial charge in [-0.25, -0.2) is 0 Å². The maximum Gasteiger partial charge on any atom is 0.0766 e. The summed E-state index contributed by atoms with van der Waals surface area (Å²) in [5.41, 5.74) is 2.48. The van der Waals surface area contributed by atoms with Crippen LogP contribution in [0.4, 0.5) is 0 Å². The summed E-state index contributed by atoms with van der Waals surface area (Å²) in [6, 6.07) is 0. The van der Waals surface area contributed by atoms with Gasteiger partial charge in [-0.05, 0) is 48.2 Å². The number of aromatic nitrogens is 2. The normalized spacial score (nSPS) is 12.9. The third-order valence-electron chi connectivity index (χ3n) is 3.21. The Morgan fingerprint density at radius 2 is 2.16 bits per heavy atom. The second-order valence-corrected chi connectivity index (χ2v) is 5.68. The molecular weight excluding hydrogens is 306 g/mol. The van der Waals surface area contributed by atoms with E-state index in [4.69, 9.17) is 4.74 Å². The molecule has 19 heavy (non-hydrogen) atoms. The molecule has 0 bridgehead atoms. The number of halogens is 1. The van der Waals surface area contributed by atoms with Gasteiger partial charge >= 0.3 is 0 Å². The fourth-order valence-electron chi connectivity index (χ4n) is 2.14. The zero-order valence-corrected chi connectivity index (χ0v) is 14.1. The summed E-state index contributed by atoms with van der Waals surface area (Å²) in [5.74, 6) is 0.583. The predicted octanol–water partition coefficient (Wildman–Crippen LogP) is 2.64. The molecule has 1 aromatic heterocycles. The molecule has 1 unspecified atom stereocenters. The van der Waals surface area contributed by atoms with Crippen LogP contribution in [0.2, 0.25) is 0 Å². The molecular formula is C14H26BrN3O. The number of hydrogen-bond donors (Lipinski definition) is 1. The quantitative estimate of drug-likeness (QED) is 0.707. The van der Waals surface area contributed by atoms with Crippen molar-refractivity contribution in [3.63, 3.8) is 0 Å². The third-order valence-corrected chi connectivity index (χ3v) is 4.13. The van der Waals surface area contributed by atoms with Crippen LogP contribution in [0, 0.1) is 5.92 Å². The Labute approximate surface area is 125 Å². The van der Waals surface area contributed by atoms with Gasteiger partial charge in [-0.3, -0.25) is 4.68 Å². The topological polar surface area (TPSA) is 39.1 Å². The van der Waals surface area contributed by atoms with Crippen molar-refractivity contribution in [3.05, 3.63) is 15.9 Å². The zero-order chi connectivity index (χ0) is 14.3. The van der Waals surface area contributed by atoms with Crippen molar-refractivity contribution >= 4 is 15.9 Å². The summed E-state index contributed by atoms with van der Waals surface area (Å²) in [5, 5.41) is 8.05. The van der Waals surface area contributed by atoms with Crippen LogP contribution < -0.4 is 5.32 Å². The molecule has 1 rings (SSSR count). The minimum absolute atomic E-state index is 0.583. The fraction of sp³-hybridized carbons (Fsp3) is 0.786. The Hall–Kier alpha value is -0.390. The smallest absolute Gasteiger partial charge is 0.0766 e. The maximum atomic E-state index is 5.03. The summed E-state index contributed by atoms with van der Waals surface area (Å²) < 4.78 is 8.35. The molecule has 0 amide bonds. The SMILES string of the molecule is CCc1nn(CC)c(CC(C)CNCCOC)c1Br. The van der Waals surface area contributed by atoms with Crippen LogP contribution in [0.1, 0.15) is 32.2 Å². The fourth-order valence-corrected chi connectivity index (χ4v) is 2.86. The van der Waals surface area contributed by atoms with E-state index in [1.807, 2.05) is 0 Å². The van der Waals surface area contributed by atoms with Crippen LogP contribution >= 0.6 is 15.9 Å². The minimum atomic E-state index is 0.583. The average molecular weight is 332 g/mol. The highest BCUT2D eigenvalue weighted by Gasteiger charge is 2.16. The van der Waals surface area contributed by atoms with E-state index in [0.717, 1.165) is 44.8 Å². The summed E-state index contributed by atoms with van der Waals surface area (Å²) in [7, 11) is 1.73. The van der Waals surface area contributed by atoms with Gasteiger partial charge in [0.2, 0.25) is 0 Å². The van der Waals surface area contributed by atoms with Crippen molar-refractivity contribution in [3.8, 4) is 0 Å². The van der Waals surface area contributed by atoms with Gasteiger partial charge in [-0.2, -0.15) is 5.10 Å². The number of ether oxygens (including phenoxy) is 1. The molecule has 4 nitrogen and oxygen atoms in total. The summed E-state index contributed by atoms with van der Waals surface area (Å²) in [6.45, 7) is 10.2. The van der Waals surface area contributed by atoms with E-state index in [2.05, 4.69) is 51.8 Å². The van der Waals surface area contributed by atoms with E-state index in [1.54, 1.807) is 7.11 Å². The highest BCUT2D eigenvalue weighted by Crippen LogP contribution is 2.24. The molecule has 1 aromatic rings. The van der Waals surface area contributed by atoms with Crippen LogP contribution in [-0.2, 0) is 24.1 Å². The number of hydrogen-bond acceptors (Lipinski definition) is 3. The van der Waals surface area contributed by atoms with Gasteiger partial charge in [0.1, 0.15) is 0 Å². The predicted molar refractivity (Wildman–Crippen MR) is 82.6 cm³/mol. The average Bonchev–Trinajstić information content (AvgIpc) is 2.71. The van der Waals surface area contributed by atoms with E-state index < -0.39 is 0 Å². The summed E-state index contributed by atoms with van der Waals surface area (Å²) in [6.07, 6.45) is 2.02. The highest BCUT2D eigenvalue weighted by atomic mass is 79.9. The molecule has 1 N–H and O–H groups in total. The summed E-state index contributed by atoms with van der Waals surface area (Å²) >= 11 is 3.70. The molecule has 1 atom stereocenters. The molecule has 0 aliphatic carbocycles. The molecule has 0 aromatic carbocycles. The first kappa shape index (κ1) is 16.7. The number of aryl methyl sites for hydroxylation is 2. The Balaban J connectivity index is 2.57. The van der Waals surface area contributed by atoms with Crippen molar-refractivity contribution in [2.24, 2.45) is 5.92 Å². The van der Waals surface area contributed by atoms with Crippen LogP contribution in [0.3, 0.4) is 0 Å². The number of nitrogens with zero attached hydrogens (tertiary/aromatic N) is 2. The molecule has 0 radical (unpaired) electrons. The Morgan fingerprint density at radius 1 is 1.42 bits per heavy atom. The van der Waals surface area contributed by atoms with Crippen molar-refractivity contribution in [1.82, 2.24) is 15.1 Å². The van der Waals surface area contributed by atoms with Crippen LogP contribution in [0.5, 0.6) is 0 Å². The van der Waals surface area contributed by atoms with Gasteiger partial charge in [-0.15, -0.1) is 0 Å². The molecule has 110 valence electrons. The van der Waals surface area contributed by atoms with Gasteiger partial charge in [-0.1, -0.05) is 13.8 Å². The molecule has 0 aliphatic heterocycles. The van der Waals surface area contributed by atoms with E-state index in [1.165, 1.54) is 10.2 Å². The van der Waals surface area contributed by atoms with Crippen LogP contribution in [-0.4, -0.2) is 36.6 Å². The zero-order valence-electron chi connectivity index (χ0n) is 12.5. The van der Waals surface area contributed by atoms with Gasteiger partial charge in [0.25, 0.3) is 0 Å². The lowest BCUT2D eigenvalue weighted by atomic mass is 10.1. The van der Waals surface area contributed by atoms with Gasteiger partial charge in [0, 0.05) is 20.2 Å². The lowest BCUT2D eigenvalue weighted by Gasteiger charge is -2.14.